The standard InChI is InChI=1S/C14H18ClFN2O/c1-2-6-17-13-5-7-18(14(13)19)9-10-3-4-12(16)11(15)8-10/h3-4,8,13,17H,2,5-7,9H2,1H3. The van der Waals surface area contributed by atoms with Gasteiger partial charge in [0.05, 0.1) is 11.1 Å². The van der Waals surface area contributed by atoms with Crippen LogP contribution in [0.4, 0.5) is 4.39 Å². The largest absolute Gasteiger partial charge is 0.337 e. The van der Waals surface area contributed by atoms with E-state index in [2.05, 4.69) is 12.2 Å². The summed E-state index contributed by atoms with van der Waals surface area (Å²) in [4.78, 5) is 13.9. The second kappa shape index (κ2) is 6.35. The van der Waals surface area contributed by atoms with Crippen LogP contribution in [0.3, 0.4) is 0 Å². The van der Waals surface area contributed by atoms with E-state index in [0.29, 0.717) is 6.54 Å². The van der Waals surface area contributed by atoms with Crippen molar-refractivity contribution in [2.45, 2.75) is 32.4 Å². The summed E-state index contributed by atoms with van der Waals surface area (Å²) in [6.07, 6.45) is 1.84. The molecule has 1 aromatic rings. The Balaban J connectivity index is 1.96. The minimum Gasteiger partial charge on any atom is -0.337 e. The molecule has 104 valence electrons. The average Bonchev–Trinajstić information content (AvgIpc) is 2.73. The van der Waals surface area contributed by atoms with Crippen LogP contribution in [0.2, 0.25) is 5.02 Å². The van der Waals surface area contributed by atoms with Crippen molar-refractivity contribution < 1.29 is 9.18 Å². The number of carbonyl (C=O) groups is 1. The summed E-state index contributed by atoms with van der Waals surface area (Å²) in [5, 5.41) is 3.34. The lowest BCUT2D eigenvalue weighted by molar-refractivity contribution is -0.129. The van der Waals surface area contributed by atoms with Crippen LogP contribution < -0.4 is 5.32 Å². The van der Waals surface area contributed by atoms with Crippen LogP contribution in [0, 0.1) is 5.82 Å². The zero-order valence-electron chi connectivity index (χ0n) is 11.0. The van der Waals surface area contributed by atoms with E-state index in [1.54, 1.807) is 17.0 Å². The van der Waals surface area contributed by atoms with Gasteiger partial charge < -0.3 is 10.2 Å². The van der Waals surface area contributed by atoms with Crippen molar-refractivity contribution in [3.63, 3.8) is 0 Å². The van der Waals surface area contributed by atoms with E-state index in [9.17, 15) is 9.18 Å². The van der Waals surface area contributed by atoms with Gasteiger partial charge in [-0.3, -0.25) is 4.79 Å². The molecular weight excluding hydrogens is 267 g/mol. The maximum atomic E-state index is 13.1. The molecule has 1 heterocycles. The Hall–Kier alpha value is -1.13. The molecule has 0 aromatic heterocycles. The molecule has 2 rings (SSSR count). The highest BCUT2D eigenvalue weighted by Gasteiger charge is 2.30. The van der Waals surface area contributed by atoms with Crippen molar-refractivity contribution in [3.8, 4) is 0 Å². The van der Waals surface area contributed by atoms with Gasteiger partial charge in [-0.25, -0.2) is 4.39 Å². The Labute approximate surface area is 117 Å². The second-order valence-electron chi connectivity index (χ2n) is 4.80. The predicted octanol–water partition coefficient (Wildman–Crippen LogP) is 2.58. The fourth-order valence-electron chi connectivity index (χ4n) is 2.26. The van der Waals surface area contributed by atoms with Crippen LogP contribution in [0.25, 0.3) is 0 Å². The molecule has 1 atom stereocenters. The SMILES string of the molecule is CCCNC1CCN(Cc2ccc(F)c(Cl)c2)C1=O. The molecule has 0 bridgehead atoms. The fraction of sp³-hybridized carbons (Fsp3) is 0.500. The maximum Gasteiger partial charge on any atom is 0.240 e. The van der Waals surface area contributed by atoms with Crippen LogP contribution >= 0.6 is 11.6 Å². The molecule has 1 N–H and O–H groups in total. The molecule has 1 aliphatic rings. The molecule has 1 amide bonds. The van der Waals surface area contributed by atoms with E-state index in [1.807, 2.05) is 0 Å². The summed E-state index contributed by atoms with van der Waals surface area (Å²) in [5.74, 6) is -0.311. The summed E-state index contributed by atoms with van der Waals surface area (Å²) in [5.41, 5.74) is 0.857. The zero-order valence-corrected chi connectivity index (χ0v) is 11.7. The van der Waals surface area contributed by atoms with E-state index < -0.39 is 5.82 Å². The van der Waals surface area contributed by atoms with Crippen molar-refractivity contribution in [3.05, 3.63) is 34.6 Å². The molecule has 19 heavy (non-hydrogen) atoms. The Kier molecular flexibility index (Phi) is 4.77. The number of nitrogens with one attached hydrogen (secondary N) is 1. The van der Waals surface area contributed by atoms with Gasteiger partial charge >= 0.3 is 0 Å². The smallest absolute Gasteiger partial charge is 0.240 e. The topological polar surface area (TPSA) is 32.3 Å². The van der Waals surface area contributed by atoms with Crippen LogP contribution in [0.1, 0.15) is 25.3 Å². The number of hydrogen-bond donors (Lipinski definition) is 1. The number of nitrogens with zero attached hydrogens (tertiary/aromatic N) is 1. The third-order valence-corrected chi connectivity index (χ3v) is 3.59. The molecule has 1 aliphatic heterocycles. The predicted molar refractivity (Wildman–Crippen MR) is 73.5 cm³/mol. The monoisotopic (exact) mass is 284 g/mol. The van der Waals surface area contributed by atoms with Crippen LogP contribution in [-0.2, 0) is 11.3 Å². The van der Waals surface area contributed by atoms with Gasteiger partial charge in [-0.05, 0) is 37.1 Å². The second-order valence-corrected chi connectivity index (χ2v) is 5.21. The van der Waals surface area contributed by atoms with Gasteiger partial charge in [-0.15, -0.1) is 0 Å². The van der Waals surface area contributed by atoms with Gasteiger partial charge in [0.15, 0.2) is 0 Å². The highest BCUT2D eigenvalue weighted by molar-refractivity contribution is 6.30. The molecule has 1 aromatic carbocycles. The average molecular weight is 285 g/mol. The Bertz CT molecular complexity index is 467. The lowest BCUT2D eigenvalue weighted by Gasteiger charge is -2.17. The number of carbonyl (C=O) groups excluding carboxylic acids is 1. The van der Waals surface area contributed by atoms with E-state index in [4.69, 9.17) is 11.6 Å². The van der Waals surface area contributed by atoms with Crippen molar-refractivity contribution in [1.82, 2.24) is 10.2 Å². The molecule has 1 fully saturated rings. The van der Waals surface area contributed by atoms with E-state index in [1.165, 1.54) is 6.07 Å². The first-order valence-corrected chi connectivity index (χ1v) is 6.95. The van der Waals surface area contributed by atoms with E-state index in [-0.39, 0.29) is 17.0 Å². The van der Waals surface area contributed by atoms with Gasteiger partial charge in [0.1, 0.15) is 5.82 Å². The highest BCUT2D eigenvalue weighted by Crippen LogP contribution is 2.20. The molecule has 0 radical (unpaired) electrons. The number of halogens is 2. The quantitative estimate of drug-likeness (QED) is 0.901. The molecule has 0 spiro atoms. The lowest BCUT2D eigenvalue weighted by Crippen LogP contribution is -2.38. The Morgan fingerprint density at radius 2 is 2.32 bits per heavy atom. The Morgan fingerprint density at radius 1 is 1.53 bits per heavy atom. The molecule has 1 saturated heterocycles. The highest BCUT2D eigenvalue weighted by atomic mass is 35.5. The van der Waals surface area contributed by atoms with Gasteiger partial charge in [0, 0.05) is 13.1 Å². The maximum absolute atomic E-state index is 13.1. The molecule has 3 nitrogen and oxygen atoms in total. The summed E-state index contributed by atoms with van der Waals surface area (Å²) >= 11 is 5.74. The molecule has 0 saturated carbocycles. The number of amides is 1. The molecular formula is C14H18ClFN2O. The van der Waals surface area contributed by atoms with Crippen LogP contribution in [0.5, 0.6) is 0 Å². The van der Waals surface area contributed by atoms with Crippen molar-refractivity contribution in [2.24, 2.45) is 0 Å². The number of likely N-dealkylation sites (tertiary alicyclic amines) is 1. The normalized spacial score (nSPS) is 19.2. The first-order valence-electron chi connectivity index (χ1n) is 6.58. The number of benzene rings is 1. The third kappa shape index (κ3) is 3.45. The van der Waals surface area contributed by atoms with Crippen molar-refractivity contribution >= 4 is 17.5 Å². The summed E-state index contributed by atoms with van der Waals surface area (Å²) in [7, 11) is 0. The minimum atomic E-state index is -0.430. The summed E-state index contributed by atoms with van der Waals surface area (Å²) in [6.45, 7) is 4.15. The Morgan fingerprint density at radius 3 is 3.00 bits per heavy atom. The molecule has 1 unspecified atom stereocenters. The third-order valence-electron chi connectivity index (χ3n) is 3.30. The fourth-order valence-corrected chi connectivity index (χ4v) is 2.47. The molecule has 5 heteroatoms. The van der Waals surface area contributed by atoms with E-state index >= 15 is 0 Å². The lowest BCUT2D eigenvalue weighted by atomic mass is 10.2. The van der Waals surface area contributed by atoms with Crippen molar-refractivity contribution in [2.75, 3.05) is 13.1 Å². The first kappa shape index (κ1) is 14.3. The summed E-state index contributed by atoms with van der Waals surface area (Å²) in [6, 6.07) is 4.51. The zero-order chi connectivity index (χ0) is 13.8. The minimum absolute atomic E-state index is 0.0733. The molecule has 0 aliphatic carbocycles. The van der Waals surface area contributed by atoms with E-state index in [0.717, 1.165) is 31.5 Å². The summed E-state index contributed by atoms with van der Waals surface area (Å²) < 4.78 is 13.1. The first-order chi connectivity index (χ1) is 9.11. The van der Waals surface area contributed by atoms with Gasteiger partial charge in [0.2, 0.25) is 5.91 Å². The van der Waals surface area contributed by atoms with Gasteiger partial charge in [-0.2, -0.15) is 0 Å². The van der Waals surface area contributed by atoms with Crippen LogP contribution in [-0.4, -0.2) is 29.9 Å². The van der Waals surface area contributed by atoms with Crippen molar-refractivity contribution in [1.29, 1.82) is 0 Å². The van der Waals surface area contributed by atoms with Crippen LogP contribution in [0.15, 0.2) is 18.2 Å². The van der Waals surface area contributed by atoms with Gasteiger partial charge in [0.25, 0.3) is 0 Å². The number of rotatable bonds is 5. The number of hydrogen-bond acceptors (Lipinski definition) is 2. The van der Waals surface area contributed by atoms with Gasteiger partial charge in [-0.1, -0.05) is 24.6 Å².